The summed E-state index contributed by atoms with van der Waals surface area (Å²) in [4.78, 5) is 18.5. The first kappa shape index (κ1) is 20.0. The summed E-state index contributed by atoms with van der Waals surface area (Å²) in [5, 5.41) is 6.78. The molecule has 6 nitrogen and oxygen atoms in total. The highest BCUT2D eigenvalue weighted by atomic mass is 35.5. The number of anilines is 2. The molecule has 2 aromatic rings. The van der Waals surface area contributed by atoms with Gasteiger partial charge in [0.05, 0.1) is 30.2 Å². The number of hydrogen-bond acceptors (Lipinski definition) is 5. The number of carbonyl (C=O) groups excluding carboxylic acids is 1. The normalized spacial score (nSPS) is 10.7. The van der Waals surface area contributed by atoms with E-state index in [0.717, 1.165) is 24.2 Å². The van der Waals surface area contributed by atoms with Crippen molar-refractivity contribution in [1.29, 1.82) is 0 Å². The molecule has 7 heteroatoms. The van der Waals surface area contributed by atoms with E-state index in [4.69, 9.17) is 16.3 Å². The zero-order chi connectivity index (χ0) is 19.1. The number of methoxy groups -OCH3 is 1. The molecule has 0 fully saturated rings. The molecule has 0 aliphatic heterocycles. The molecular weight excluding hydrogens is 352 g/mol. The zero-order valence-electron chi connectivity index (χ0n) is 15.6. The summed E-state index contributed by atoms with van der Waals surface area (Å²) in [6.07, 6.45) is 4.11. The second-order valence-electron chi connectivity index (χ2n) is 6.30. The molecule has 0 unspecified atom stereocenters. The van der Waals surface area contributed by atoms with Crippen LogP contribution < -0.4 is 15.4 Å². The fraction of sp³-hybridized carbons (Fsp3) is 0.368. The molecule has 0 aliphatic carbocycles. The van der Waals surface area contributed by atoms with Crippen molar-refractivity contribution in [3.63, 3.8) is 0 Å². The number of hydrogen-bond donors (Lipinski definition) is 2. The monoisotopic (exact) mass is 376 g/mol. The Morgan fingerprint density at radius 2 is 2.04 bits per heavy atom. The average Bonchev–Trinajstić information content (AvgIpc) is 2.61. The first-order chi connectivity index (χ1) is 12.4. The molecule has 140 valence electrons. The minimum absolute atomic E-state index is 0.140. The van der Waals surface area contributed by atoms with Gasteiger partial charge in [0.25, 0.3) is 5.91 Å². The smallest absolute Gasteiger partial charge is 0.252 e. The Bertz CT molecular complexity index is 765. The van der Waals surface area contributed by atoms with Gasteiger partial charge in [-0.3, -0.25) is 9.78 Å². The van der Waals surface area contributed by atoms with Gasteiger partial charge in [0, 0.05) is 23.8 Å². The minimum Gasteiger partial charge on any atom is -0.495 e. The second kappa shape index (κ2) is 9.40. The maximum absolute atomic E-state index is 12.3. The predicted molar refractivity (Wildman–Crippen MR) is 106 cm³/mol. The molecule has 2 N–H and O–H groups in total. The highest BCUT2D eigenvalue weighted by molar-refractivity contribution is 6.31. The Morgan fingerprint density at radius 1 is 1.27 bits per heavy atom. The molecule has 26 heavy (non-hydrogen) atoms. The van der Waals surface area contributed by atoms with Crippen molar-refractivity contribution in [2.24, 2.45) is 0 Å². The Labute approximate surface area is 159 Å². The van der Waals surface area contributed by atoms with Crippen LogP contribution in [0.2, 0.25) is 5.02 Å². The lowest BCUT2D eigenvalue weighted by Crippen LogP contribution is -2.27. The number of halogens is 1. The first-order valence-electron chi connectivity index (χ1n) is 8.40. The van der Waals surface area contributed by atoms with E-state index in [2.05, 4.69) is 20.5 Å². The van der Waals surface area contributed by atoms with Gasteiger partial charge in [-0.1, -0.05) is 11.6 Å². The molecule has 0 radical (unpaired) electrons. The summed E-state index contributed by atoms with van der Waals surface area (Å²) < 4.78 is 5.37. The highest BCUT2D eigenvalue weighted by Crippen LogP contribution is 2.33. The van der Waals surface area contributed by atoms with E-state index in [0.29, 0.717) is 28.6 Å². The maximum atomic E-state index is 12.3. The predicted octanol–water partition coefficient (Wildman–Crippen LogP) is 3.48. The van der Waals surface area contributed by atoms with Gasteiger partial charge >= 0.3 is 0 Å². The minimum atomic E-state index is -0.140. The number of aromatic nitrogens is 1. The Hall–Kier alpha value is -2.31. The van der Waals surface area contributed by atoms with E-state index in [-0.39, 0.29) is 5.91 Å². The van der Waals surface area contributed by atoms with Crippen molar-refractivity contribution < 1.29 is 9.53 Å². The van der Waals surface area contributed by atoms with Crippen molar-refractivity contribution >= 4 is 28.9 Å². The van der Waals surface area contributed by atoms with Crippen molar-refractivity contribution in [2.75, 3.05) is 39.6 Å². The number of carbonyl (C=O) groups is 1. The Morgan fingerprint density at radius 3 is 2.73 bits per heavy atom. The van der Waals surface area contributed by atoms with Crippen LogP contribution in [0.4, 0.5) is 11.4 Å². The third-order valence-corrected chi connectivity index (χ3v) is 4.24. The fourth-order valence-corrected chi connectivity index (χ4v) is 2.57. The van der Waals surface area contributed by atoms with Gasteiger partial charge in [0.2, 0.25) is 0 Å². The van der Waals surface area contributed by atoms with Gasteiger partial charge in [-0.15, -0.1) is 0 Å². The van der Waals surface area contributed by atoms with Crippen LogP contribution in [0, 0.1) is 6.92 Å². The lowest BCUT2D eigenvalue weighted by molar-refractivity contribution is 0.0952. The summed E-state index contributed by atoms with van der Waals surface area (Å²) in [5.74, 6) is 0.485. The first-order valence-corrected chi connectivity index (χ1v) is 8.77. The molecule has 0 atom stereocenters. The quantitative estimate of drug-likeness (QED) is 0.690. The maximum Gasteiger partial charge on any atom is 0.252 e. The van der Waals surface area contributed by atoms with Crippen molar-refractivity contribution in [1.82, 2.24) is 15.2 Å². The van der Waals surface area contributed by atoms with Gasteiger partial charge in [0.15, 0.2) is 0 Å². The summed E-state index contributed by atoms with van der Waals surface area (Å²) in [6, 6.07) is 5.42. The topological polar surface area (TPSA) is 66.5 Å². The van der Waals surface area contributed by atoms with Crippen molar-refractivity contribution in [3.05, 3.63) is 46.7 Å². The SMILES string of the molecule is COc1cc(Cl)c(C)cc1Nc1cncc(C(=O)NCCCN(C)C)c1. The molecular formula is C19H25ClN4O2. The van der Waals surface area contributed by atoms with Crippen molar-refractivity contribution in [2.45, 2.75) is 13.3 Å². The van der Waals surface area contributed by atoms with Gasteiger partial charge < -0.3 is 20.3 Å². The molecule has 1 aromatic heterocycles. The third kappa shape index (κ3) is 5.61. The molecule has 0 bridgehead atoms. The number of benzene rings is 1. The van der Waals surface area contributed by atoms with Crippen LogP contribution in [0.3, 0.4) is 0 Å². The molecule has 1 amide bonds. The van der Waals surface area contributed by atoms with E-state index < -0.39 is 0 Å². The third-order valence-electron chi connectivity index (χ3n) is 3.83. The number of amides is 1. The van der Waals surface area contributed by atoms with E-state index >= 15 is 0 Å². The van der Waals surface area contributed by atoms with Gasteiger partial charge in [-0.2, -0.15) is 0 Å². The second-order valence-corrected chi connectivity index (χ2v) is 6.71. The van der Waals surface area contributed by atoms with E-state index in [1.807, 2.05) is 27.1 Å². The van der Waals surface area contributed by atoms with E-state index in [9.17, 15) is 4.79 Å². The summed E-state index contributed by atoms with van der Waals surface area (Å²) in [5.41, 5.74) is 2.90. The number of pyridine rings is 1. The number of nitrogens with zero attached hydrogens (tertiary/aromatic N) is 2. The molecule has 0 spiro atoms. The average molecular weight is 377 g/mol. The Balaban J connectivity index is 2.07. The van der Waals surface area contributed by atoms with E-state index in [1.165, 1.54) is 0 Å². The summed E-state index contributed by atoms with van der Waals surface area (Å²) in [6.45, 7) is 3.47. The molecule has 0 saturated heterocycles. The molecule has 0 aliphatic rings. The summed E-state index contributed by atoms with van der Waals surface area (Å²) >= 11 is 6.14. The van der Waals surface area contributed by atoms with Crippen LogP contribution in [0.1, 0.15) is 22.3 Å². The molecule has 0 saturated carbocycles. The van der Waals surface area contributed by atoms with Gasteiger partial charge in [-0.25, -0.2) is 0 Å². The van der Waals surface area contributed by atoms with E-state index in [1.54, 1.807) is 31.6 Å². The van der Waals surface area contributed by atoms with Crippen LogP contribution in [0.5, 0.6) is 5.75 Å². The van der Waals surface area contributed by atoms with Gasteiger partial charge in [0.1, 0.15) is 5.75 Å². The Kier molecular flexibility index (Phi) is 7.24. The highest BCUT2D eigenvalue weighted by Gasteiger charge is 2.10. The van der Waals surface area contributed by atoms with Crippen LogP contribution in [0.15, 0.2) is 30.6 Å². The molecule has 2 rings (SSSR count). The number of ether oxygens (including phenoxy) is 1. The largest absolute Gasteiger partial charge is 0.495 e. The van der Waals surface area contributed by atoms with Gasteiger partial charge in [-0.05, 0) is 51.7 Å². The van der Waals surface area contributed by atoms with Crippen LogP contribution in [0.25, 0.3) is 0 Å². The molecule has 1 heterocycles. The lowest BCUT2D eigenvalue weighted by Gasteiger charge is -2.14. The standard InChI is InChI=1S/C19H25ClN4O2/c1-13-8-17(18(26-4)10-16(13)20)23-15-9-14(11-21-12-15)19(25)22-6-5-7-24(2)3/h8-12,23H,5-7H2,1-4H3,(H,22,25). The zero-order valence-corrected chi connectivity index (χ0v) is 16.4. The fourth-order valence-electron chi connectivity index (χ4n) is 2.42. The van der Waals surface area contributed by atoms with Crippen molar-refractivity contribution in [3.8, 4) is 5.75 Å². The lowest BCUT2D eigenvalue weighted by atomic mass is 10.2. The number of rotatable bonds is 8. The number of aryl methyl sites for hydroxylation is 1. The van der Waals surface area contributed by atoms with Crippen LogP contribution in [-0.2, 0) is 0 Å². The summed E-state index contributed by atoms with van der Waals surface area (Å²) in [7, 11) is 5.60. The number of nitrogens with one attached hydrogen (secondary N) is 2. The van der Waals surface area contributed by atoms with Crippen LogP contribution in [-0.4, -0.2) is 50.1 Å². The van der Waals surface area contributed by atoms with Crippen LogP contribution >= 0.6 is 11.6 Å². The molecule has 1 aromatic carbocycles.